The highest BCUT2D eigenvalue weighted by atomic mass is 127. The fourth-order valence-electron chi connectivity index (χ4n) is 2.11. The van der Waals surface area contributed by atoms with Crippen LogP contribution in [0.5, 0.6) is 0 Å². The van der Waals surface area contributed by atoms with E-state index in [0.717, 1.165) is 4.90 Å². The fraction of sp³-hybridized carbons (Fsp3) is 0.727. The van der Waals surface area contributed by atoms with Crippen LogP contribution in [0.1, 0.15) is 27.2 Å². The molecule has 7 nitrogen and oxygen atoms in total. The van der Waals surface area contributed by atoms with Crippen molar-refractivity contribution in [1.29, 1.82) is 0 Å². The van der Waals surface area contributed by atoms with E-state index in [9.17, 15) is 14.4 Å². The number of rotatable bonds is 7. The van der Waals surface area contributed by atoms with Crippen molar-refractivity contribution in [2.24, 2.45) is 0 Å². The van der Waals surface area contributed by atoms with Crippen LogP contribution in [0.15, 0.2) is 0 Å². The molecule has 10 heteroatoms. The summed E-state index contributed by atoms with van der Waals surface area (Å²) in [5.41, 5.74) is 0. The Kier molecular flexibility index (Phi) is 7.52. The van der Waals surface area contributed by atoms with Gasteiger partial charge in [0, 0.05) is 6.61 Å². The first-order valence-electron chi connectivity index (χ1n) is 6.71. The van der Waals surface area contributed by atoms with Crippen molar-refractivity contribution in [2.75, 3.05) is 6.61 Å². The Balaban J connectivity index is 2.68. The molecular weight excluding hydrogens is 407 g/mol. The van der Waals surface area contributed by atoms with E-state index in [0.29, 0.717) is 6.61 Å². The van der Waals surface area contributed by atoms with E-state index in [1.807, 2.05) is 6.92 Å². The van der Waals surface area contributed by atoms with Crippen LogP contribution in [0.4, 0.5) is 0 Å². The summed E-state index contributed by atoms with van der Waals surface area (Å²) in [6.07, 6.45) is -0.386. The van der Waals surface area contributed by atoms with Gasteiger partial charge in [0.25, 0.3) is 0 Å². The van der Waals surface area contributed by atoms with Crippen molar-refractivity contribution in [3.05, 3.63) is 0 Å². The van der Waals surface area contributed by atoms with Gasteiger partial charge in [-0.05, 0) is 20.8 Å². The summed E-state index contributed by atoms with van der Waals surface area (Å²) in [5, 5.41) is 5.61. The molecule has 1 heterocycles. The van der Waals surface area contributed by atoms with Crippen LogP contribution in [-0.4, -0.2) is 52.0 Å². The largest absolute Gasteiger partial charge is 0.359 e. The van der Waals surface area contributed by atoms with Crippen LogP contribution in [-0.2, 0) is 19.1 Å². The Morgan fingerprint density at radius 3 is 2.71 bits per heavy atom. The number of nitrogens with one attached hydrogen (secondary N) is 2. The molecular formula is C11H20BIN3O4P. The van der Waals surface area contributed by atoms with E-state index in [1.165, 1.54) is 6.92 Å². The highest BCUT2D eigenvalue weighted by Gasteiger charge is 2.43. The van der Waals surface area contributed by atoms with E-state index in [2.05, 4.69) is 42.0 Å². The van der Waals surface area contributed by atoms with Crippen LogP contribution in [0, 0.1) is 0 Å². The summed E-state index contributed by atoms with van der Waals surface area (Å²) >= 11 is 2.09. The zero-order valence-corrected chi connectivity index (χ0v) is 15.6. The summed E-state index contributed by atoms with van der Waals surface area (Å²) in [4.78, 5) is 37.3. The number of carbonyl (C=O) groups excluding carboxylic acids is 3. The van der Waals surface area contributed by atoms with Crippen molar-refractivity contribution in [3.63, 3.8) is 0 Å². The smallest absolute Gasteiger partial charge is 0.317 e. The zero-order chi connectivity index (χ0) is 16.2. The monoisotopic (exact) mass is 427 g/mol. The number of imide groups is 1. The van der Waals surface area contributed by atoms with Gasteiger partial charge in [0.05, 0.1) is 12.5 Å². The molecule has 4 unspecified atom stereocenters. The lowest BCUT2D eigenvalue weighted by Crippen LogP contribution is -2.52. The third-order valence-corrected chi connectivity index (χ3v) is 3.62. The van der Waals surface area contributed by atoms with Gasteiger partial charge in [0.1, 0.15) is 12.3 Å². The molecule has 1 aliphatic heterocycles. The summed E-state index contributed by atoms with van der Waals surface area (Å²) in [6.45, 7) is 5.52. The number of amides is 3. The quantitative estimate of drug-likeness (QED) is 0.195. The van der Waals surface area contributed by atoms with Crippen molar-refractivity contribution < 1.29 is 19.1 Å². The Hall–Kier alpha value is -0.245. The number of hydrogen-bond acceptors (Lipinski definition) is 5. The fourth-order valence-corrected chi connectivity index (χ4v) is 2.78. The first-order valence-corrected chi connectivity index (χ1v) is 8.62. The van der Waals surface area contributed by atoms with Gasteiger partial charge < -0.3 is 15.3 Å². The lowest BCUT2D eigenvalue weighted by atomic mass is 10.2. The lowest BCUT2D eigenvalue weighted by Gasteiger charge is -2.24. The molecule has 1 rings (SSSR count). The second kappa shape index (κ2) is 8.40. The molecule has 0 bridgehead atoms. The molecule has 1 fully saturated rings. The molecule has 0 aliphatic carbocycles. The van der Waals surface area contributed by atoms with E-state index >= 15 is 0 Å². The molecule has 4 atom stereocenters. The molecule has 0 radical (unpaired) electrons. The van der Waals surface area contributed by atoms with E-state index in [1.54, 1.807) is 6.92 Å². The Morgan fingerprint density at radius 1 is 1.57 bits per heavy atom. The molecule has 1 aliphatic rings. The summed E-state index contributed by atoms with van der Waals surface area (Å²) < 4.78 is 5.19. The van der Waals surface area contributed by atoms with Gasteiger partial charge in [0.2, 0.25) is 17.7 Å². The topological polar surface area (TPSA) is 87.7 Å². The Bertz CT molecular complexity index is 426. The van der Waals surface area contributed by atoms with Crippen molar-refractivity contribution >= 4 is 53.6 Å². The molecule has 0 aromatic heterocycles. The van der Waals surface area contributed by atoms with Gasteiger partial charge in [-0.1, -0.05) is 0 Å². The van der Waals surface area contributed by atoms with Gasteiger partial charge in [-0.3, -0.25) is 19.3 Å². The van der Waals surface area contributed by atoms with Gasteiger partial charge in [-0.2, -0.15) is 0 Å². The summed E-state index contributed by atoms with van der Waals surface area (Å²) in [7, 11) is 2.50. The highest BCUT2D eigenvalue weighted by Crippen LogP contribution is 2.18. The second-order valence-electron chi connectivity index (χ2n) is 4.71. The van der Waals surface area contributed by atoms with Crippen LogP contribution < -0.4 is 10.5 Å². The highest BCUT2D eigenvalue weighted by molar-refractivity contribution is 14.1. The van der Waals surface area contributed by atoms with Crippen molar-refractivity contribution in [3.8, 4) is 0 Å². The average Bonchev–Trinajstić information content (AvgIpc) is 2.63. The Labute approximate surface area is 140 Å². The minimum Gasteiger partial charge on any atom is -0.359 e. The number of halogens is 1. The maximum absolute atomic E-state index is 12.2. The maximum Gasteiger partial charge on any atom is 0.317 e. The molecule has 3 amide bonds. The van der Waals surface area contributed by atoms with E-state index in [4.69, 9.17) is 4.74 Å². The standard InChI is InChI=1S/C11H20BIN3O4P/c1-4-20-7(3)14-10(18)6(2)16-9(17)5-8(11(16)19)15-12(13)21/h6-8,15H,4-5,21H2,1-3H3,(H,14,18). The van der Waals surface area contributed by atoms with Gasteiger partial charge in [-0.25, -0.2) is 0 Å². The molecule has 118 valence electrons. The first-order chi connectivity index (χ1) is 9.77. The Morgan fingerprint density at radius 2 is 2.19 bits per heavy atom. The minimum absolute atomic E-state index is 0.0218. The number of nitrogens with zero attached hydrogens (tertiary/aromatic N) is 1. The zero-order valence-electron chi connectivity index (χ0n) is 12.3. The van der Waals surface area contributed by atoms with Gasteiger partial charge >= 0.3 is 4.42 Å². The third-order valence-electron chi connectivity index (χ3n) is 3.07. The number of hydrogen-bond donors (Lipinski definition) is 2. The molecule has 1 saturated heterocycles. The molecule has 21 heavy (non-hydrogen) atoms. The van der Waals surface area contributed by atoms with Gasteiger partial charge in [0.15, 0.2) is 0 Å². The third kappa shape index (κ3) is 5.16. The van der Waals surface area contributed by atoms with Crippen LogP contribution in [0.25, 0.3) is 0 Å². The van der Waals surface area contributed by atoms with Crippen LogP contribution >= 0.6 is 31.5 Å². The van der Waals surface area contributed by atoms with Crippen LogP contribution in [0.3, 0.4) is 0 Å². The van der Waals surface area contributed by atoms with Gasteiger partial charge in [-0.15, -0.1) is 31.5 Å². The lowest BCUT2D eigenvalue weighted by molar-refractivity contribution is -0.147. The first kappa shape index (κ1) is 18.8. The van der Waals surface area contributed by atoms with E-state index in [-0.39, 0.29) is 22.7 Å². The van der Waals surface area contributed by atoms with Crippen LogP contribution in [0.2, 0.25) is 0 Å². The number of carbonyl (C=O) groups is 3. The van der Waals surface area contributed by atoms with E-state index < -0.39 is 24.2 Å². The molecule has 0 aromatic carbocycles. The number of likely N-dealkylation sites (tertiary alicyclic amines) is 1. The summed E-state index contributed by atoms with van der Waals surface area (Å²) in [6, 6.07) is -1.42. The normalized spacial score (nSPS) is 21.4. The molecule has 2 N–H and O–H groups in total. The SMILES string of the molecule is CCOC(C)NC(=O)C(C)N1C(=O)CC(NB(P)I)C1=O. The number of ether oxygens (including phenoxy) is 1. The summed E-state index contributed by atoms with van der Waals surface area (Å²) in [5.74, 6) is -1.11. The minimum atomic E-state index is -0.850. The molecule has 0 saturated carbocycles. The second-order valence-corrected chi connectivity index (χ2v) is 8.07. The van der Waals surface area contributed by atoms with Crippen molar-refractivity contribution in [2.45, 2.75) is 45.5 Å². The predicted octanol–water partition coefficient (Wildman–Crippen LogP) is -0.114. The predicted molar refractivity (Wildman–Crippen MR) is 91.6 cm³/mol. The maximum atomic E-state index is 12.2. The molecule has 0 aromatic rings. The van der Waals surface area contributed by atoms with Crippen molar-refractivity contribution in [1.82, 2.24) is 15.4 Å². The average molecular weight is 427 g/mol. The molecule has 0 spiro atoms.